The van der Waals surface area contributed by atoms with Gasteiger partial charge < -0.3 is 9.30 Å². The van der Waals surface area contributed by atoms with Gasteiger partial charge in [0.05, 0.1) is 29.5 Å². The number of thioether (sulfide) groups is 1. The van der Waals surface area contributed by atoms with Crippen LogP contribution in [-0.2, 0) is 13.2 Å². The Labute approximate surface area is 159 Å². The second-order valence-corrected chi connectivity index (χ2v) is 7.47. The Bertz CT molecular complexity index is 969. The van der Waals surface area contributed by atoms with Crippen LogP contribution >= 0.6 is 11.8 Å². The minimum absolute atomic E-state index is 0.0136. The van der Waals surface area contributed by atoms with Crippen LogP contribution in [0.25, 0.3) is 22.6 Å². The van der Waals surface area contributed by atoms with Crippen LogP contribution in [0.5, 0.6) is 5.75 Å². The molecule has 0 unspecified atom stereocenters. The molecule has 27 heavy (non-hydrogen) atoms. The molecule has 0 N–H and O–H groups in total. The van der Waals surface area contributed by atoms with Gasteiger partial charge in [0.1, 0.15) is 17.1 Å². The Balaban J connectivity index is 2.12. The zero-order valence-corrected chi connectivity index (χ0v) is 16.1. The van der Waals surface area contributed by atoms with E-state index in [1.165, 1.54) is 6.20 Å². The molecule has 3 rings (SSSR count). The Kier molecular flexibility index (Phi) is 5.32. The molecular weight excluding hydrogens is 377 g/mol. The number of rotatable bonds is 5. The molecule has 0 aliphatic carbocycles. The van der Waals surface area contributed by atoms with Gasteiger partial charge in [-0.05, 0) is 31.7 Å². The van der Waals surface area contributed by atoms with E-state index in [-0.39, 0.29) is 11.6 Å². The largest absolute Gasteiger partial charge is 0.489 e. The molecule has 3 aromatic heterocycles. The summed E-state index contributed by atoms with van der Waals surface area (Å²) < 4.78 is 46.2. The van der Waals surface area contributed by atoms with Gasteiger partial charge in [0.15, 0.2) is 5.82 Å². The fourth-order valence-corrected chi connectivity index (χ4v) is 3.44. The molecule has 0 fully saturated rings. The molecule has 144 valence electrons. The van der Waals surface area contributed by atoms with Crippen molar-refractivity contribution in [2.75, 3.05) is 5.75 Å². The second-order valence-electron chi connectivity index (χ2n) is 6.17. The first kappa shape index (κ1) is 19.5. The highest BCUT2D eigenvalue weighted by atomic mass is 32.2. The van der Waals surface area contributed by atoms with Crippen molar-refractivity contribution in [1.82, 2.24) is 19.5 Å². The highest BCUT2D eigenvalue weighted by Gasteiger charge is 2.33. The van der Waals surface area contributed by atoms with Crippen LogP contribution in [0.1, 0.15) is 26.5 Å². The zero-order valence-electron chi connectivity index (χ0n) is 15.3. The van der Waals surface area contributed by atoms with Gasteiger partial charge in [-0.25, -0.2) is 15.0 Å². The van der Waals surface area contributed by atoms with E-state index < -0.39 is 11.9 Å². The Morgan fingerprint density at radius 1 is 1.19 bits per heavy atom. The lowest BCUT2D eigenvalue weighted by Gasteiger charge is -2.13. The van der Waals surface area contributed by atoms with Crippen LogP contribution in [0.3, 0.4) is 0 Å². The Morgan fingerprint density at radius 2 is 1.93 bits per heavy atom. The molecule has 3 aromatic rings. The lowest BCUT2D eigenvalue weighted by atomic mass is 10.3. The maximum Gasteiger partial charge on any atom is 0.433 e. The third kappa shape index (κ3) is 4.02. The highest BCUT2D eigenvalue weighted by Crippen LogP contribution is 2.35. The molecule has 0 atom stereocenters. The number of aromatic nitrogens is 4. The summed E-state index contributed by atoms with van der Waals surface area (Å²) in [4.78, 5) is 13.3. The number of fused-ring (bicyclic) bond motifs is 1. The summed E-state index contributed by atoms with van der Waals surface area (Å²) in [7, 11) is 1.74. The topological polar surface area (TPSA) is 52.8 Å². The van der Waals surface area contributed by atoms with Crippen molar-refractivity contribution in [2.24, 2.45) is 7.05 Å². The molecule has 0 amide bonds. The van der Waals surface area contributed by atoms with Crippen LogP contribution in [0.2, 0.25) is 0 Å². The van der Waals surface area contributed by atoms with Gasteiger partial charge in [-0.15, -0.1) is 11.8 Å². The van der Waals surface area contributed by atoms with Gasteiger partial charge in [0, 0.05) is 11.9 Å². The number of imidazole rings is 1. The number of aryl methyl sites for hydroxylation is 1. The van der Waals surface area contributed by atoms with E-state index in [0.29, 0.717) is 22.8 Å². The molecule has 0 aliphatic rings. The second kappa shape index (κ2) is 7.38. The predicted molar refractivity (Wildman–Crippen MR) is 98.9 cm³/mol. The summed E-state index contributed by atoms with van der Waals surface area (Å²) in [6.45, 7) is 5.87. The van der Waals surface area contributed by atoms with E-state index in [4.69, 9.17) is 4.74 Å². The van der Waals surface area contributed by atoms with Crippen molar-refractivity contribution in [2.45, 2.75) is 37.9 Å². The smallest absolute Gasteiger partial charge is 0.433 e. The quantitative estimate of drug-likeness (QED) is 0.571. The third-order valence-corrected chi connectivity index (χ3v) is 4.68. The van der Waals surface area contributed by atoms with E-state index >= 15 is 0 Å². The molecule has 0 saturated heterocycles. The summed E-state index contributed by atoms with van der Waals surface area (Å²) in [6.07, 6.45) is -1.70. The molecule has 0 aliphatic heterocycles. The summed E-state index contributed by atoms with van der Waals surface area (Å²) in [5.41, 5.74) is 0.378. The van der Waals surface area contributed by atoms with E-state index in [9.17, 15) is 13.2 Å². The van der Waals surface area contributed by atoms with E-state index in [0.717, 1.165) is 16.7 Å². The molecule has 5 nitrogen and oxygen atoms in total. The molecule has 9 heteroatoms. The Hall–Kier alpha value is -2.29. The monoisotopic (exact) mass is 396 g/mol. The molecule has 0 spiro atoms. The fraction of sp³-hybridized carbons (Fsp3) is 0.389. The average molecular weight is 396 g/mol. The summed E-state index contributed by atoms with van der Waals surface area (Å²) >= 11 is 1.57. The SMILES string of the molecule is CCSc1cc(OC(C)C)cnc1-c1nc2cc(C(F)(F)F)ncc2n1C. The standard InChI is InChI=1S/C18H19F3N4OS/c1-5-27-14-6-11(26-10(2)3)8-23-16(14)17-24-12-7-15(18(19,20)21)22-9-13(12)25(17)4/h6-10H,5H2,1-4H3. The van der Waals surface area contributed by atoms with E-state index in [2.05, 4.69) is 15.0 Å². The summed E-state index contributed by atoms with van der Waals surface area (Å²) in [5, 5.41) is 0. The van der Waals surface area contributed by atoms with Crippen LogP contribution < -0.4 is 4.74 Å². The van der Waals surface area contributed by atoms with Crippen molar-refractivity contribution in [3.05, 3.63) is 30.2 Å². The van der Waals surface area contributed by atoms with E-state index in [1.807, 2.05) is 26.8 Å². The van der Waals surface area contributed by atoms with Crippen LogP contribution in [0, 0.1) is 0 Å². The van der Waals surface area contributed by atoms with E-state index in [1.54, 1.807) is 29.6 Å². The predicted octanol–water partition coefficient (Wildman–Crippen LogP) is 4.95. The van der Waals surface area contributed by atoms with Gasteiger partial charge in [-0.2, -0.15) is 13.2 Å². The Morgan fingerprint density at radius 3 is 2.56 bits per heavy atom. The zero-order chi connectivity index (χ0) is 19.8. The minimum atomic E-state index is -4.51. The number of halogens is 3. The highest BCUT2D eigenvalue weighted by molar-refractivity contribution is 7.99. The van der Waals surface area contributed by atoms with Gasteiger partial charge >= 0.3 is 6.18 Å². The normalized spacial score (nSPS) is 12.1. The van der Waals surface area contributed by atoms with Gasteiger partial charge in [0.25, 0.3) is 0 Å². The van der Waals surface area contributed by atoms with Gasteiger partial charge in [-0.3, -0.25) is 0 Å². The first-order chi connectivity index (χ1) is 12.7. The number of hydrogen-bond acceptors (Lipinski definition) is 5. The van der Waals surface area contributed by atoms with Crippen molar-refractivity contribution in [3.8, 4) is 17.3 Å². The number of ether oxygens (including phenoxy) is 1. The first-order valence-corrected chi connectivity index (χ1v) is 9.38. The van der Waals surface area contributed by atoms with Gasteiger partial charge in [-0.1, -0.05) is 6.92 Å². The van der Waals surface area contributed by atoms with Crippen molar-refractivity contribution in [1.29, 1.82) is 0 Å². The van der Waals surface area contributed by atoms with Crippen molar-refractivity contribution in [3.63, 3.8) is 0 Å². The molecule has 0 aromatic carbocycles. The lowest BCUT2D eigenvalue weighted by Crippen LogP contribution is -2.07. The maximum atomic E-state index is 12.9. The van der Waals surface area contributed by atoms with Crippen molar-refractivity contribution >= 4 is 22.8 Å². The number of nitrogens with zero attached hydrogens (tertiary/aromatic N) is 4. The molecule has 0 bridgehead atoms. The van der Waals surface area contributed by atoms with Crippen LogP contribution in [0.4, 0.5) is 13.2 Å². The van der Waals surface area contributed by atoms with Crippen molar-refractivity contribution < 1.29 is 17.9 Å². The first-order valence-electron chi connectivity index (χ1n) is 8.40. The lowest BCUT2D eigenvalue weighted by molar-refractivity contribution is -0.141. The number of pyridine rings is 2. The molecule has 0 radical (unpaired) electrons. The molecular formula is C18H19F3N4OS. The maximum absolute atomic E-state index is 12.9. The molecule has 3 heterocycles. The molecule has 0 saturated carbocycles. The van der Waals surface area contributed by atoms with Crippen LogP contribution in [-0.4, -0.2) is 31.4 Å². The minimum Gasteiger partial charge on any atom is -0.489 e. The summed E-state index contributed by atoms with van der Waals surface area (Å²) in [6, 6.07) is 2.84. The fourth-order valence-electron chi connectivity index (χ4n) is 2.65. The third-order valence-electron chi connectivity index (χ3n) is 3.77. The number of hydrogen-bond donors (Lipinski definition) is 0. The van der Waals surface area contributed by atoms with Gasteiger partial charge in [0.2, 0.25) is 0 Å². The number of alkyl halides is 3. The van der Waals surface area contributed by atoms with Crippen LogP contribution in [0.15, 0.2) is 29.4 Å². The summed E-state index contributed by atoms with van der Waals surface area (Å²) in [5.74, 6) is 1.94. The average Bonchev–Trinajstić information content (AvgIpc) is 2.90.